The molecule has 3 heterocycles. The van der Waals surface area contributed by atoms with Crippen molar-refractivity contribution in [1.29, 1.82) is 0 Å². The minimum atomic E-state index is 0.115. The average molecular weight is 722 g/mol. The van der Waals surface area contributed by atoms with Crippen LogP contribution in [0.1, 0.15) is 43.2 Å². The summed E-state index contributed by atoms with van der Waals surface area (Å²) in [6.07, 6.45) is 6.31. The first-order valence-electron chi connectivity index (χ1n) is 19.6. The van der Waals surface area contributed by atoms with Crippen LogP contribution in [0.2, 0.25) is 0 Å². The molecule has 0 atom stereocenters. The van der Waals surface area contributed by atoms with Gasteiger partial charge in [-0.3, -0.25) is 0 Å². The van der Waals surface area contributed by atoms with Crippen molar-refractivity contribution in [1.82, 2.24) is 15.0 Å². The molecule has 1 saturated carbocycles. The molecule has 0 radical (unpaired) electrons. The number of aromatic nitrogens is 3. The van der Waals surface area contributed by atoms with E-state index in [1.807, 2.05) is 60.7 Å². The highest BCUT2D eigenvalue weighted by atomic mass is 16.3. The van der Waals surface area contributed by atoms with E-state index in [1.54, 1.807) is 0 Å². The van der Waals surface area contributed by atoms with Crippen LogP contribution in [0.4, 0.5) is 0 Å². The molecule has 2 aliphatic carbocycles. The molecule has 7 aromatic carbocycles. The molecule has 2 aliphatic rings. The fraction of sp³-hybridized carbons (Fsp3) is 0.118. The molecular formula is C51H35N3O2. The first-order valence-corrected chi connectivity index (χ1v) is 19.6. The standard InChI is InChI=1S/C51H35N3O2/c1-8-28-51(29-9-1)40-17-5-2-12-34(40)35-27-26-33(30-41(35)51)31-22-24-32(25-23-31)48-52-49(38-15-10-20-44-46(38)36-13-3-6-18-42(36)55-44)54-50(53-48)39-16-11-21-45-47(39)37-14-4-7-19-43(37)56-45/h2-7,10-27,30H,1,8-9,28-29H2. The van der Waals surface area contributed by atoms with Gasteiger partial charge in [0.15, 0.2) is 17.5 Å². The van der Waals surface area contributed by atoms with E-state index in [0.29, 0.717) is 17.5 Å². The third-order valence-electron chi connectivity index (χ3n) is 12.4. The number of furan rings is 2. The van der Waals surface area contributed by atoms with Gasteiger partial charge in [-0.05, 0) is 76.6 Å². The molecule has 5 nitrogen and oxygen atoms in total. The summed E-state index contributed by atoms with van der Waals surface area (Å²) >= 11 is 0. The van der Waals surface area contributed by atoms with E-state index in [0.717, 1.165) is 60.6 Å². The molecule has 10 aromatic rings. The fourth-order valence-corrected chi connectivity index (χ4v) is 9.81. The van der Waals surface area contributed by atoms with Crippen molar-refractivity contribution in [3.05, 3.63) is 163 Å². The number of hydrogen-bond acceptors (Lipinski definition) is 5. The highest BCUT2D eigenvalue weighted by Crippen LogP contribution is 2.56. The zero-order valence-electron chi connectivity index (χ0n) is 30.6. The van der Waals surface area contributed by atoms with Crippen molar-refractivity contribution < 1.29 is 8.83 Å². The second-order valence-corrected chi connectivity index (χ2v) is 15.4. The van der Waals surface area contributed by atoms with Crippen LogP contribution < -0.4 is 0 Å². The normalized spacial score (nSPS) is 14.6. The molecule has 1 spiro atoms. The lowest BCUT2D eigenvalue weighted by atomic mass is 9.67. The van der Waals surface area contributed by atoms with Crippen molar-refractivity contribution in [2.75, 3.05) is 0 Å². The van der Waals surface area contributed by atoms with Crippen LogP contribution in [-0.2, 0) is 5.41 Å². The first kappa shape index (κ1) is 31.5. The predicted octanol–water partition coefficient (Wildman–Crippen LogP) is 13.6. The summed E-state index contributed by atoms with van der Waals surface area (Å²) in [5.74, 6) is 1.79. The number of fused-ring (bicyclic) bond motifs is 11. The Labute approximate surface area is 323 Å². The van der Waals surface area contributed by atoms with Crippen LogP contribution in [0.25, 0.3) is 100 Å². The number of rotatable bonds is 4. The van der Waals surface area contributed by atoms with Crippen molar-refractivity contribution in [2.24, 2.45) is 0 Å². The highest BCUT2D eigenvalue weighted by Gasteiger charge is 2.43. The Morgan fingerprint density at radius 2 is 0.875 bits per heavy atom. The van der Waals surface area contributed by atoms with Gasteiger partial charge in [-0.2, -0.15) is 0 Å². The number of benzene rings is 7. The maximum absolute atomic E-state index is 6.29. The summed E-state index contributed by atoms with van der Waals surface area (Å²) in [6.45, 7) is 0. The van der Waals surface area contributed by atoms with Crippen LogP contribution in [0.3, 0.4) is 0 Å². The molecule has 56 heavy (non-hydrogen) atoms. The Morgan fingerprint density at radius 3 is 1.54 bits per heavy atom. The maximum Gasteiger partial charge on any atom is 0.164 e. The van der Waals surface area contributed by atoms with E-state index in [1.165, 1.54) is 65.5 Å². The van der Waals surface area contributed by atoms with E-state index < -0.39 is 0 Å². The second kappa shape index (κ2) is 12.1. The van der Waals surface area contributed by atoms with E-state index in [9.17, 15) is 0 Å². The molecule has 1 fully saturated rings. The molecule has 0 N–H and O–H groups in total. The first-order chi connectivity index (χ1) is 27.7. The smallest absolute Gasteiger partial charge is 0.164 e. The minimum Gasteiger partial charge on any atom is -0.456 e. The summed E-state index contributed by atoms with van der Waals surface area (Å²) in [6, 6.07) is 53.4. The van der Waals surface area contributed by atoms with Gasteiger partial charge in [0.1, 0.15) is 22.3 Å². The van der Waals surface area contributed by atoms with Crippen LogP contribution in [0.5, 0.6) is 0 Å². The topological polar surface area (TPSA) is 65.0 Å². The molecular weight excluding hydrogens is 687 g/mol. The summed E-state index contributed by atoms with van der Waals surface area (Å²) in [5, 5.41) is 4.04. The van der Waals surface area contributed by atoms with Crippen molar-refractivity contribution in [3.63, 3.8) is 0 Å². The molecule has 3 aromatic heterocycles. The van der Waals surface area contributed by atoms with Gasteiger partial charge in [-0.15, -0.1) is 0 Å². The van der Waals surface area contributed by atoms with Gasteiger partial charge in [-0.1, -0.05) is 141 Å². The average Bonchev–Trinajstić information content (AvgIpc) is 3.92. The SMILES string of the molecule is c1ccc2c(c1)-c1ccc(-c3ccc(-c4nc(-c5cccc6oc7ccccc7c56)nc(-c5cccc6oc7ccccc7c56)n4)cc3)cc1C21CCCCC1. The molecule has 0 aliphatic heterocycles. The Bertz CT molecular complexity index is 3050. The zero-order valence-corrected chi connectivity index (χ0v) is 30.6. The van der Waals surface area contributed by atoms with E-state index in [4.69, 9.17) is 23.8 Å². The summed E-state index contributed by atoms with van der Waals surface area (Å²) in [5.41, 5.74) is 14.3. The number of hydrogen-bond donors (Lipinski definition) is 0. The molecule has 5 heteroatoms. The quantitative estimate of drug-likeness (QED) is 0.181. The Morgan fingerprint density at radius 1 is 0.375 bits per heavy atom. The van der Waals surface area contributed by atoms with Gasteiger partial charge in [0.25, 0.3) is 0 Å². The van der Waals surface area contributed by atoms with Gasteiger partial charge in [-0.25, -0.2) is 15.0 Å². The Balaban J connectivity index is 1.02. The monoisotopic (exact) mass is 721 g/mol. The molecule has 0 unspecified atom stereocenters. The third-order valence-corrected chi connectivity index (χ3v) is 12.4. The maximum atomic E-state index is 6.29. The van der Waals surface area contributed by atoms with Crippen molar-refractivity contribution >= 4 is 43.9 Å². The van der Waals surface area contributed by atoms with Crippen molar-refractivity contribution in [2.45, 2.75) is 37.5 Å². The molecule has 266 valence electrons. The van der Waals surface area contributed by atoms with Gasteiger partial charge in [0.2, 0.25) is 0 Å². The summed E-state index contributed by atoms with van der Waals surface area (Å²) in [4.78, 5) is 15.6. The second-order valence-electron chi connectivity index (χ2n) is 15.4. The largest absolute Gasteiger partial charge is 0.456 e. The van der Waals surface area contributed by atoms with Crippen LogP contribution in [0.15, 0.2) is 160 Å². The van der Waals surface area contributed by atoms with Crippen LogP contribution >= 0.6 is 0 Å². The van der Waals surface area contributed by atoms with Gasteiger partial charge < -0.3 is 8.83 Å². The Kier molecular flexibility index (Phi) is 6.79. The zero-order chi connectivity index (χ0) is 36.8. The third kappa shape index (κ3) is 4.64. The molecule has 0 saturated heterocycles. The predicted molar refractivity (Wildman–Crippen MR) is 225 cm³/mol. The van der Waals surface area contributed by atoms with Gasteiger partial charge in [0, 0.05) is 43.7 Å². The fourth-order valence-electron chi connectivity index (χ4n) is 9.81. The van der Waals surface area contributed by atoms with Gasteiger partial charge in [0.05, 0.1) is 0 Å². The lowest BCUT2D eigenvalue weighted by Crippen LogP contribution is -2.28. The lowest BCUT2D eigenvalue weighted by molar-refractivity contribution is 0.353. The lowest BCUT2D eigenvalue weighted by Gasteiger charge is -2.36. The minimum absolute atomic E-state index is 0.115. The number of nitrogens with zero attached hydrogens (tertiary/aromatic N) is 3. The summed E-state index contributed by atoms with van der Waals surface area (Å²) in [7, 11) is 0. The Hall–Kier alpha value is -6.85. The van der Waals surface area contributed by atoms with Crippen LogP contribution in [-0.4, -0.2) is 15.0 Å². The van der Waals surface area contributed by atoms with E-state index in [-0.39, 0.29) is 5.41 Å². The van der Waals surface area contributed by atoms with Crippen molar-refractivity contribution in [3.8, 4) is 56.4 Å². The van der Waals surface area contributed by atoms with Crippen LogP contribution in [0, 0.1) is 0 Å². The van der Waals surface area contributed by atoms with E-state index >= 15 is 0 Å². The van der Waals surface area contributed by atoms with E-state index in [2.05, 4.69) is 91.0 Å². The summed E-state index contributed by atoms with van der Waals surface area (Å²) < 4.78 is 12.6. The number of para-hydroxylation sites is 2. The molecule has 0 amide bonds. The van der Waals surface area contributed by atoms with Gasteiger partial charge >= 0.3 is 0 Å². The highest BCUT2D eigenvalue weighted by molar-refractivity contribution is 6.13. The molecule has 0 bridgehead atoms. The molecule has 12 rings (SSSR count).